The number of benzene rings is 6. The summed E-state index contributed by atoms with van der Waals surface area (Å²) < 4.78 is 11.1. The van der Waals surface area contributed by atoms with Gasteiger partial charge in [0.25, 0.3) is 0 Å². The fraction of sp³-hybridized carbons (Fsp3) is 0.113. The maximum atomic E-state index is 11.9. The fourth-order valence-electron chi connectivity index (χ4n) is 8.97. The first-order valence-electron chi connectivity index (χ1n) is 21.1. The topological polar surface area (TPSA) is 81.4 Å². The van der Waals surface area contributed by atoms with E-state index in [1.807, 2.05) is 54.7 Å². The minimum atomic E-state index is -2.00. The Labute approximate surface area is 382 Å². The molecule has 6 aromatic carbocycles. The van der Waals surface area contributed by atoms with E-state index in [2.05, 4.69) is 151 Å². The molecule has 0 radical (unpaired) electrons. The van der Waals surface area contributed by atoms with Crippen LogP contribution in [0.3, 0.4) is 0 Å². The largest absolute Gasteiger partial charge is 0.507 e. The molecule has 0 amide bonds. The average Bonchev–Trinajstić information content (AvgIpc) is 3.97. The van der Waals surface area contributed by atoms with Crippen molar-refractivity contribution in [1.29, 1.82) is 0 Å². The van der Waals surface area contributed by atoms with Crippen LogP contribution in [0.25, 0.3) is 100 Å². The molecule has 0 unspecified atom stereocenters. The zero-order valence-electron chi connectivity index (χ0n) is 35.8. The fourth-order valence-corrected chi connectivity index (χ4v) is 11.6. The number of nitrogens with zero attached hydrogens (tertiary/aromatic N) is 5. The van der Waals surface area contributed by atoms with Crippen LogP contribution < -0.4 is 10.4 Å². The molecule has 0 aliphatic rings. The monoisotopic (exact) mass is 1030 g/mol. The zero-order chi connectivity index (χ0) is 42.5. The van der Waals surface area contributed by atoms with Crippen molar-refractivity contribution >= 4 is 76.2 Å². The Morgan fingerprint density at radius 3 is 2.19 bits per heavy atom. The molecule has 0 atom stereocenters. The van der Waals surface area contributed by atoms with Gasteiger partial charge in [-0.2, -0.15) is 0 Å². The standard InChI is InChI=1S/C53H44N5O2Si2.Pt/c1-61(2,3)34-26-27-37(45(59)32-34)52-56-49-39(21-15-25-44(49)58(52)42-23-12-10-18-35(42)33-16-8-7-9-17-33)50-47(62(4,5)6)29-28-40(54-50)36-19-14-20-38-48-46(60-51(36)38)30-31-57-43-24-13-11-22-41(43)55-53(48)57;/h7-18,20-32,59H,1-6H3;/q-1;. The molecule has 7 nitrogen and oxygen atoms in total. The summed E-state index contributed by atoms with van der Waals surface area (Å²) in [5.41, 5.74) is 13.3. The number of pyridine rings is 2. The summed E-state index contributed by atoms with van der Waals surface area (Å²) in [4.78, 5) is 16.2. The van der Waals surface area contributed by atoms with Crippen LogP contribution in [0.4, 0.5) is 0 Å². The zero-order valence-corrected chi connectivity index (χ0v) is 40.1. The molecule has 0 saturated heterocycles. The van der Waals surface area contributed by atoms with Crippen molar-refractivity contribution in [3.63, 3.8) is 0 Å². The number of aromatic nitrogens is 5. The molecule has 5 heterocycles. The Bertz CT molecular complexity index is 3580. The molecule has 1 N–H and O–H groups in total. The second-order valence-electron chi connectivity index (χ2n) is 18.2. The van der Waals surface area contributed by atoms with Crippen molar-refractivity contribution in [2.45, 2.75) is 39.3 Å². The Kier molecular flexibility index (Phi) is 9.78. The number of rotatable bonds is 7. The van der Waals surface area contributed by atoms with Crippen molar-refractivity contribution in [3.8, 4) is 56.5 Å². The molecule has 11 rings (SSSR count). The van der Waals surface area contributed by atoms with Crippen LogP contribution in [0.5, 0.6) is 5.75 Å². The van der Waals surface area contributed by atoms with Gasteiger partial charge in [0.05, 0.1) is 66.1 Å². The predicted molar refractivity (Wildman–Crippen MR) is 261 cm³/mol. The maximum absolute atomic E-state index is 11.9. The van der Waals surface area contributed by atoms with Crippen LogP contribution in [-0.2, 0) is 21.1 Å². The first-order chi connectivity index (χ1) is 29.9. The molecule has 10 heteroatoms. The molecule has 0 spiro atoms. The van der Waals surface area contributed by atoms with Gasteiger partial charge >= 0.3 is 0 Å². The summed E-state index contributed by atoms with van der Waals surface area (Å²) >= 11 is 0. The number of phenols is 1. The summed E-state index contributed by atoms with van der Waals surface area (Å²) in [7, 11) is -3.71. The van der Waals surface area contributed by atoms with Crippen LogP contribution in [0.2, 0.25) is 39.3 Å². The minimum absolute atomic E-state index is 0. The third kappa shape index (κ3) is 6.69. The van der Waals surface area contributed by atoms with E-state index in [4.69, 9.17) is 19.4 Å². The third-order valence-corrected chi connectivity index (χ3v) is 16.2. The van der Waals surface area contributed by atoms with Crippen molar-refractivity contribution < 1.29 is 30.6 Å². The van der Waals surface area contributed by atoms with Gasteiger partial charge in [0.2, 0.25) is 0 Å². The van der Waals surface area contributed by atoms with Crippen molar-refractivity contribution in [2.75, 3.05) is 0 Å². The van der Waals surface area contributed by atoms with Gasteiger partial charge in [-0.1, -0.05) is 146 Å². The Morgan fingerprint density at radius 2 is 1.40 bits per heavy atom. The summed E-state index contributed by atoms with van der Waals surface area (Å²) in [5, 5.41) is 16.2. The SMILES string of the molecule is C[Si](C)(C)c1ccc(-c2nc3c(-c4nc(-c5[c-]ccc6c5oc5ccn7c8ccccc8nc7c56)ccc4[Si](C)(C)C)cccc3n2-c2ccccc2-c2ccccc2)c(O)c1.[Pt]. The Balaban J connectivity index is 0.00000471. The normalized spacial score (nSPS) is 12.2. The van der Waals surface area contributed by atoms with Crippen LogP contribution in [0.15, 0.2) is 156 Å². The van der Waals surface area contributed by atoms with E-state index in [9.17, 15) is 5.11 Å². The van der Waals surface area contributed by atoms with Crippen LogP contribution in [0, 0.1) is 6.07 Å². The van der Waals surface area contributed by atoms with Gasteiger partial charge in [-0.05, 0) is 58.9 Å². The molecule has 0 aliphatic heterocycles. The molecule has 5 aromatic heterocycles. The molecular weight excluding hydrogens is 990 g/mol. The van der Waals surface area contributed by atoms with Gasteiger partial charge in [-0.15, -0.1) is 18.2 Å². The van der Waals surface area contributed by atoms with E-state index in [1.165, 1.54) is 10.4 Å². The number of hydrogen-bond donors (Lipinski definition) is 1. The smallest absolute Gasteiger partial charge is 0.149 e. The van der Waals surface area contributed by atoms with E-state index in [1.54, 1.807) is 0 Å². The second-order valence-corrected chi connectivity index (χ2v) is 28.3. The molecular formula is C53H44N5O2PtSi2-. The number of aromatic hydroxyl groups is 1. The molecule has 11 aromatic rings. The number of imidazole rings is 2. The van der Waals surface area contributed by atoms with Gasteiger partial charge in [0.15, 0.2) is 0 Å². The molecule has 0 aliphatic carbocycles. The number of furan rings is 1. The maximum Gasteiger partial charge on any atom is 0.149 e. The van der Waals surface area contributed by atoms with Gasteiger partial charge in [0.1, 0.15) is 22.8 Å². The number of fused-ring (bicyclic) bond motifs is 8. The van der Waals surface area contributed by atoms with E-state index in [0.717, 1.165) is 89.0 Å². The number of para-hydroxylation sites is 4. The van der Waals surface area contributed by atoms with Gasteiger partial charge in [-0.3, -0.25) is 14.0 Å². The van der Waals surface area contributed by atoms with Crippen LogP contribution in [0.1, 0.15) is 0 Å². The van der Waals surface area contributed by atoms with Gasteiger partial charge < -0.3 is 9.52 Å². The van der Waals surface area contributed by atoms with Gasteiger partial charge in [-0.25, -0.2) is 9.97 Å². The Hall–Kier alpha value is -6.39. The van der Waals surface area contributed by atoms with E-state index in [0.29, 0.717) is 11.4 Å². The minimum Gasteiger partial charge on any atom is -0.507 e. The number of phenolic OH excluding ortho intramolecular Hbond substituents is 1. The van der Waals surface area contributed by atoms with E-state index < -0.39 is 16.1 Å². The Morgan fingerprint density at radius 1 is 0.651 bits per heavy atom. The van der Waals surface area contributed by atoms with Crippen molar-refractivity contribution in [3.05, 3.63) is 158 Å². The van der Waals surface area contributed by atoms with E-state index in [-0.39, 0.29) is 26.8 Å². The average molecular weight is 1030 g/mol. The van der Waals surface area contributed by atoms with Gasteiger partial charge in [0, 0.05) is 38.4 Å². The molecule has 63 heavy (non-hydrogen) atoms. The quantitative estimate of drug-likeness (QED) is 0.127. The summed E-state index contributed by atoms with van der Waals surface area (Å²) in [6.07, 6.45) is 2.03. The summed E-state index contributed by atoms with van der Waals surface area (Å²) in [5.74, 6) is 0.887. The van der Waals surface area contributed by atoms with E-state index >= 15 is 0 Å². The first kappa shape index (κ1) is 40.7. The van der Waals surface area contributed by atoms with Crippen molar-refractivity contribution in [2.24, 2.45) is 0 Å². The van der Waals surface area contributed by atoms with Crippen molar-refractivity contribution in [1.82, 2.24) is 23.9 Å². The summed E-state index contributed by atoms with van der Waals surface area (Å²) in [6, 6.07) is 53.6. The molecule has 312 valence electrons. The second kappa shape index (κ2) is 15.2. The summed E-state index contributed by atoms with van der Waals surface area (Å²) in [6.45, 7) is 14.0. The number of hydrogen-bond acceptors (Lipinski definition) is 5. The third-order valence-electron chi connectivity index (χ3n) is 12.1. The molecule has 0 fully saturated rings. The molecule has 0 bridgehead atoms. The predicted octanol–water partition coefficient (Wildman–Crippen LogP) is 12.4. The van der Waals surface area contributed by atoms with Crippen LogP contribution >= 0.6 is 0 Å². The molecule has 0 saturated carbocycles. The van der Waals surface area contributed by atoms with Crippen LogP contribution in [-0.4, -0.2) is 45.2 Å². The first-order valence-corrected chi connectivity index (χ1v) is 28.1.